The van der Waals surface area contributed by atoms with Crippen molar-refractivity contribution in [3.8, 4) is 0 Å². The molecule has 5 heteroatoms. The second kappa shape index (κ2) is 6.14. The van der Waals surface area contributed by atoms with Crippen LogP contribution in [0.5, 0.6) is 0 Å². The molecule has 0 aliphatic carbocycles. The van der Waals surface area contributed by atoms with E-state index in [1.807, 2.05) is 19.1 Å². The van der Waals surface area contributed by atoms with Crippen molar-refractivity contribution in [2.75, 3.05) is 26.8 Å². The Morgan fingerprint density at radius 3 is 3.00 bits per heavy atom. The summed E-state index contributed by atoms with van der Waals surface area (Å²) in [5.74, 6) is -0.235. The summed E-state index contributed by atoms with van der Waals surface area (Å²) >= 11 is 0. The number of ether oxygens (including phenoxy) is 2. The SMILES string of the molecule is COCCNC(CN)c1ccc2c(c1C)COC2=O. The van der Waals surface area contributed by atoms with E-state index >= 15 is 0 Å². The predicted octanol–water partition coefficient (Wildman–Crippen LogP) is 0.901. The van der Waals surface area contributed by atoms with Crippen molar-refractivity contribution in [1.29, 1.82) is 0 Å². The average molecular weight is 264 g/mol. The summed E-state index contributed by atoms with van der Waals surface area (Å²) in [6, 6.07) is 3.85. The smallest absolute Gasteiger partial charge is 0.338 e. The third kappa shape index (κ3) is 2.78. The highest BCUT2D eigenvalue weighted by Gasteiger charge is 2.25. The van der Waals surface area contributed by atoms with Crippen LogP contribution < -0.4 is 11.1 Å². The second-order valence-electron chi connectivity index (χ2n) is 4.62. The van der Waals surface area contributed by atoms with Crippen molar-refractivity contribution in [1.82, 2.24) is 5.32 Å². The normalized spacial score (nSPS) is 15.2. The minimum absolute atomic E-state index is 0.0659. The van der Waals surface area contributed by atoms with Crippen molar-refractivity contribution in [3.05, 3.63) is 34.4 Å². The first-order valence-corrected chi connectivity index (χ1v) is 6.41. The topological polar surface area (TPSA) is 73.6 Å². The molecule has 0 amide bonds. The quantitative estimate of drug-likeness (QED) is 0.590. The van der Waals surface area contributed by atoms with E-state index in [0.29, 0.717) is 25.3 Å². The molecule has 1 aromatic rings. The van der Waals surface area contributed by atoms with Gasteiger partial charge in [-0.1, -0.05) is 6.07 Å². The molecular weight excluding hydrogens is 244 g/mol. The molecule has 0 fully saturated rings. The van der Waals surface area contributed by atoms with Crippen LogP contribution in [-0.4, -0.2) is 32.8 Å². The first-order valence-electron chi connectivity index (χ1n) is 6.41. The third-order valence-electron chi connectivity index (χ3n) is 3.52. The molecule has 0 saturated heterocycles. The van der Waals surface area contributed by atoms with Gasteiger partial charge in [-0.25, -0.2) is 4.79 Å². The van der Waals surface area contributed by atoms with Crippen LogP contribution in [0.1, 0.15) is 33.1 Å². The van der Waals surface area contributed by atoms with Gasteiger partial charge in [0.15, 0.2) is 0 Å². The minimum Gasteiger partial charge on any atom is -0.457 e. The van der Waals surface area contributed by atoms with Crippen LogP contribution in [0.3, 0.4) is 0 Å². The number of cyclic esters (lactones) is 1. The Morgan fingerprint density at radius 2 is 2.32 bits per heavy atom. The van der Waals surface area contributed by atoms with Gasteiger partial charge in [-0.15, -0.1) is 0 Å². The summed E-state index contributed by atoms with van der Waals surface area (Å²) in [7, 11) is 1.67. The lowest BCUT2D eigenvalue weighted by molar-refractivity contribution is 0.0535. The lowest BCUT2D eigenvalue weighted by Crippen LogP contribution is -2.31. The molecule has 1 atom stereocenters. The Morgan fingerprint density at radius 1 is 1.53 bits per heavy atom. The van der Waals surface area contributed by atoms with Gasteiger partial charge in [0, 0.05) is 31.8 Å². The molecule has 0 bridgehead atoms. The number of fused-ring (bicyclic) bond motifs is 1. The summed E-state index contributed by atoms with van der Waals surface area (Å²) < 4.78 is 10.1. The van der Waals surface area contributed by atoms with Crippen LogP contribution in [0.25, 0.3) is 0 Å². The number of hydrogen-bond donors (Lipinski definition) is 2. The number of benzene rings is 1. The fourth-order valence-electron chi connectivity index (χ4n) is 2.40. The summed E-state index contributed by atoms with van der Waals surface area (Å²) in [4.78, 5) is 11.5. The van der Waals surface area contributed by atoms with Gasteiger partial charge >= 0.3 is 5.97 Å². The number of nitrogens with two attached hydrogens (primary N) is 1. The molecule has 5 nitrogen and oxygen atoms in total. The highest BCUT2D eigenvalue weighted by Crippen LogP contribution is 2.28. The summed E-state index contributed by atoms with van der Waals surface area (Å²) in [5, 5.41) is 3.35. The number of rotatable bonds is 6. The van der Waals surface area contributed by atoms with Gasteiger partial charge in [-0.05, 0) is 24.1 Å². The Bertz CT molecular complexity index is 474. The lowest BCUT2D eigenvalue weighted by Gasteiger charge is -2.20. The van der Waals surface area contributed by atoms with Gasteiger partial charge in [0.2, 0.25) is 0 Å². The highest BCUT2D eigenvalue weighted by molar-refractivity contribution is 5.93. The lowest BCUT2D eigenvalue weighted by atomic mass is 9.94. The van der Waals surface area contributed by atoms with Crippen molar-refractivity contribution in [3.63, 3.8) is 0 Å². The second-order valence-corrected chi connectivity index (χ2v) is 4.62. The molecule has 0 spiro atoms. The molecule has 1 unspecified atom stereocenters. The molecule has 104 valence electrons. The number of methoxy groups -OCH3 is 1. The molecule has 1 aliphatic rings. The number of hydrogen-bond acceptors (Lipinski definition) is 5. The zero-order valence-electron chi connectivity index (χ0n) is 11.4. The van der Waals surface area contributed by atoms with E-state index in [4.69, 9.17) is 15.2 Å². The van der Waals surface area contributed by atoms with Crippen LogP contribution in [0, 0.1) is 6.92 Å². The van der Waals surface area contributed by atoms with E-state index in [2.05, 4.69) is 5.32 Å². The maximum absolute atomic E-state index is 11.5. The van der Waals surface area contributed by atoms with E-state index in [1.165, 1.54) is 0 Å². The first kappa shape index (κ1) is 14.0. The van der Waals surface area contributed by atoms with E-state index in [9.17, 15) is 4.79 Å². The van der Waals surface area contributed by atoms with Crippen molar-refractivity contribution in [2.45, 2.75) is 19.6 Å². The number of carbonyl (C=O) groups excluding carboxylic acids is 1. The molecule has 0 aromatic heterocycles. The van der Waals surface area contributed by atoms with Gasteiger partial charge in [0.1, 0.15) is 6.61 Å². The monoisotopic (exact) mass is 264 g/mol. The number of esters is 1. The van der Waals surface area contributed by atoms with Gasteiger partial charge in [-0.2, -0.15) is 0 Å². The molecule has 0 radical (unpaired) electrons. The Hall–Kier alpha value is -1.43. The molecule has 2 rings (SSSR count). The number of carbonyl (C=O) groups is 1. The average Bonchev–Trinajstić information content (AvgIpc) is 2.79. The standard InChI is InChI=1S/C14H20N2O3/c1-9-10(13(7-15)16-5-6-18-2)3-4-11-12(9)8-19-14(11)17/h3-4,13,16H,5-8,15H2,1-2H3. The van der Waals surface area contributed by atoms with Crippen molar-refractivity contribution < 1.29 is 14.3 Å². The Balaban J connectivity index is 2.22. The molecule has 0 saturated carbocycles. The Labute approximate surface area is 113 Å². The fourth-order valence-corrected chi connectivity index (χ4v) is 2.40. The maximum Gasteiger partial charge on any atom is 0.338 e. The summed E-state index contributed by atoms with van der Waals surface area (Å²) in [5.41, 5.74) is 9.69. The van der Waals surface area contributed by atoms with Crippen LogP contribution in [-0.2, 0) is 16.1 Å². The van der Waals surface area contributed by atoms with Crippen LogP contribution in [0.4, 0.5) is 0 Å². The minimum atomic E-state index is -0.235. The summed E-state index contributed by atoms with van der Waals surface area (Å²) in [6.07, 6.45) is 0. The van der Waals surface area contributed by atoms with E-state index < -0.39 is 0 Å². The van der Waals surface area contributed by atoms with Crippen molar-refractivity contribution in [2.24, 2.45) is 5.73 Å². The van der Waals surface area contributed by atoms with E-state index in [-0.39, 0.29) is 12.0 Å². The maximum atomic E-state index is 11.5. The first-order chi connectivity index (χ1) is 9.19. The van der Waals surface area contributed by atoms with Gasteiger partial charge in [0.05, 0.1) is 12.2 Å². The largest absolute Gasteiger partial charge is 0.457 e. The fraction of sp³-hybridized carbons (Fsp3) is 0.500. The molecule has 1 heterocycles. The van der Waals surface area contributed by atoms with Crippen LogP contribution >= 0.6 is 0 Å². The van der Waals surface area contributed by atoms with E-state index in [1.54, 1.807) is 7.11 Å². The van der Waals surface area contributed by atoms with Gasteiger partial charge in [0.25, 0.3) is 0 Å². The van der Waals surface area contributed by atoms with Gasteiger partial charge in [-0.3, -0.25) is 0 Å². The molecular formula is C14H20N2O3. The zero-order chi connectivity index (χ0) is 13.8. The van der Waals surface area contributed by atoms with Crippen LogP contribution in [0.2, 0.25) is 0 Å². The molecule has 1 aromatic carbocycles. The summed E-state index contributed by atoms with van der Waals surface area (Å²) in [6.45, 7) is 4.25. The molecule has 3 N–H and O–H groups in total. The Kier molecular flexibility index (Phi) is 4.52. The predicted molar refractivity (Wildman–Crippen MR) is 72.0 cm³/mol. The molecule has 1 aliphatic heterocycles. The number of nitrogens with one attached hydrogen (secondary N) is 1. The molecule has 19 heavy (non-hydrogen) atoms. The van der Waals surface area contributed by atoms with Crippen LogP contribution in [0.15, 0.2) is 12.1 Å². The van der Waals surface area contributed by atoms with Gasteiger partial charge < -0.3 is 20.5 Å². The van der Waals surface area contributed by atoms with Crippen molar-refractivity contribution >= 4 is 5.97 Å². The highest BCUT2D eigenvalue weighted by atomic mass is 16.5. The zero-order valence-corrected chi connectivity index (χ0v) is 11.4. The third-order valence-corrected chi connectivity index (χ3v) is 3.52. The van der Waals surface area contributed by atoms with E-state index in [0.717, 1.165) is 23.2 Å².